The third-order valence-corrected chi connectivity index (χ3v) is 2.78. The maximum absolute atomic E-state index is 8.78. The maximum Gasteiger partial charge on any atom is 0.142 e. The molecule has 5 heteroatoms. The number of ether oxygens (including phenoxy) is 1. The molecule has 0 atom stereocenters. The van der Waals surface area contributed by atoms with E-state index in [9.17, 15) is 0 Å². The predicted octanol–water partition coefficient (Wildman–Crippen LogP) is 2.97. The van der Waals surface area contributed by atoms with Crippen molar-refractivity contribution in [3.05, 3.63) is 53.1 Å². The summed E-state index contributed by atoms with van der Waals surface area (Å²) < 4.78 is 5.68. The number of alkyl halides is 1. The lowest BCUT2D eigenvalue weighted by atomic mass is 10.2. The molecule has 2 aromatic rings. The molecular formula is C14H12ClN3O. The van der Waals surface area contributed by atoms with Crippen molar-refractivity contribution in [1.82, 2.24) is 9.97 Å². The quantitative estimate of drug-likeness (QED) is 0.804. The Kier molecular flexibility index (Phi) is 4.32. The van der Waals surface area contributed by atoms with Gasteiger partial charge in [-0.3, -0.25) is 4.98 Å². The van der Waals surface area contributed by atoms with Gasteiger partial charge in [0, 0.05) is 11.9 Å². The Labute approximate surface area is 116 Å². The molecule has 2 aromatic heterocycles. The molecule has 2 rings (SSSR count). The molecule has 2 heterocycles. The molecule has 0 spiro atoms. The molecule has 0 amide bonds. The molecule has 96 valence electrons. The second-order valence-electron chi connectivity index (χ2n) is 3.98. The highest BCUT2D eigenvalue weighted by Gasteiger charge is 2.05. The van der Waals surface area contributed by atoms with Crippen LogP contribution in [0, 0.1) is 18.3 Å². The van der Waals surface area contributed by atoms with E-state index in [1.165, 1.54) is 0 Å². The normalized spacial score (nSPS) is 9.95. The van der Waals surface area contributed by atoms with E-state index in [1.54, 1.807) is 12.3 Å². The monoisotopic (exact) mass is 273 g/mol. The minimum absolute atomic E-state index is 0.302. The van der Waals surface area contributed by atoms with Gasteiger partial charge < -0.3 is 4.74 Å². The highest BCUT2D eigenvalue weighted by atomic mass is 35.5. The maximum atomic E-state index is 8.78. The van der Waals surface area contributed by atoms with Crippen LogP contribution in [0.5, 0.6) is 5.75 Å². The van der Waals surface area contributed by atoms with Gasteiger partial charge in [-0.15, -0.1) is 11.6 Å². The Morgan fingerprint density at radius 3 is 2.95 bits per heavy atom. The van der Waals surface area contributed by atoms with E-state index < -0.39 is 0 Å². The summed E-state index contributed by atoms with van der Waals surface area (Å²) in [5.41, 5.74) is 2.88. The SMILES string of the molecule is Cc1ccc(OCc2ccnc(C#N)c2)c(CCl)n1. The number of hydrogen-bond donors (Lipinski definition) is 0. The highest BCUT2D eigenvalue weighted by Crippen LogP contribution is 2.20. The minimum Gasteiger partial charge on any atom is -0.487 e. The lowest BCUT2D eigenvalue weighted by Gasteiger charge is -2.10. The predicted molar refractivity (Wildman–Crippen MR) is 71.8 cm³/mol. The van der Waals surface area contributed by atoms with Crippen LogP contribution in [0.3, 0.4) is 0 Å². The number of aryl methyl sites for hydroxylation is 1. The minimum atomic E-state index is 0.302. The number of halogens is 1. The van der Waals surface area contributed by atoms with E-state index in [4.69, 9.17) is 21.6 Å². The third-order valence-electron chi connectivity index (χ3n) is 2.53. The third kappa shape index (κ3) is 3.43. The molecular weight excluding hydrogens is 262 g/mol. The van der Waals surface area contributed by atoms with Crippen LogP contribution in [0.1, 0.15) is 22.6 Å². The van der Waals surface area contributed by atoms with E-state index in [0.717, 1.165) is 17.0 Å². The zero-order valence-corrected chi connectivity index (χ0v) is 11.2. The van der Waals surface area contributed by atoms with Crippen molar-refractivity contribution in [2.45, 2.75) is 19.4 Å². The fraction of sp³-hybridized carbons (Fsp3) is 0.214. The molecule has 0 aromatic carbocycles. The molecule has 0 N–H and O–H groups in total. The van der Waals surface area contributed by atoms with Crippen LogP contribution >= 0.6 is 11.6 Å². The molecule has 0 fully saturated rings. The molecule has 0 aliphatic rings. The van der Waals surface area contributed by atoms with Gasteiger partial charge in [-0.05, 0) is 36.8 Å². The lowest BCUT2D eigenvalue weighted by molar-refractivity contribution is 0.302. The van der Waals surface area contributed by atoms with Crippen LogP contribution in [0.25, 0.3) is 0 Å². The fourth-order valence-electron chi connectivity index (χ4n) is 1.61. The van der Waals surface area contributed by atoms with E-state index in [-0.39, 0.29) is 0 Å². The van der Waals surface area contributed by atoms with Crippen LogP contribution in [0.2, 0.25) is 0 Å². The first-order valence-corrected chi connectivity index (χ1v) is 6.26. The van der Waals surface area contributed by atoms with Gasteiger partial charge in [0.15, 0.2) is 0 Å². The van der Waals surface area contributed by atoms with Crippen molar-refractivity contribution >= 4 is 11.6 Å². The average Bonchev–Trinajstić information content (AvgIpc) is 2.46. The van der Waals surface area contributed by atoms with Gasteiger partial charge >= 0.3 is 0 Å². The first-order valence-electron chi connectivity index (χ1n) is 5.73. The number of aromatic nitrogens is 2. The second-order valence-corrected chi connectivity index (χ2v) is 4.25. The summed E-state index contributed by atoms with van der Waals surface area (Å²) in [4.78, 5) is 8.22. The zero-order chi connectivity index (χ0) is 13.7. The summed E-state index contributed by atoms with van der Waals surface area (Å²) in [5, 5.41) is 8.78. The zero-order valence-electron chi connectivity index (χ0n) is 10.4. The summed E-state index contributed by atoms with van der Waals surface area (Å²) in [6, 6.07) is 9.23. The van der Waals surface area contributed by atoms with Crippen molar-refractivity contribution < 1.29 is 4.74 Å². The Morgan fingerprint density at radius 2 is 2.21 bits per heavy atom. The van der Waals surface area contributed by atoms with Crippen molar-refractivity contribution in [3.63, 3.8) is 0 Å². The summed E-state index contributed by atoms with van der Waals surface area (Å²) in [5.74, 6) is 0.965. The summed E-state index contributed by atoms with van der Waals surface area (Å²) in [7, 11) is 0. The van der Waals surface area contributed by atoms with Crippen LogP contribution < -0.4 is 4.74 Å². The van der Waals surface area contributed by atoms with Crippen LogP contribution in [0.15, 0.2) is 30.5 Å². The second kappa shape index (κ2) is 6.17. The number of nitriles is 1. The molecule has 0 saturated carbocycles. The Morgan fingerprint density at radius 1 is 1.37 bits per heavy atom. The molecule has 19 heavy (non-hydrogen) atoms. The van der Waals surface area contributed by atoms with Gasteiger partial charge in [0.2, 0.25) is 0 Å². The molecule has 0 radical (unpaired) electrons. The van der Waals surface area contributed by atoms with Gasteiger partial charge in [0.25, 0.3) is 0 Å². The number of hydrogen-bond acceptors (Lipinski definition) is 4. The molecule has 0 saturated heterocycles. The van der Waals surface area contributed by atoms with E-state index in [0.29, 0.717) is 23.9 Å². The summed E-state index contributed by atoms with van der Waals surface area (Å²) in [6.45, 7) is 2.26. The van der Waals surface area contributed by atoms with Gasteiger partial charge in [-0.1, -0.05) is 0 Å². The summed E-state index contributed by atoms with van der Waals surface area (Å²) in [6.07, 6.45) is 1.59. The first-order chi connectivity index (χ1) is 9.22. The number of nitrogens with zero attached hydrogens (tertiary/aromatic N) is 3. The summed E-state index contributed by atoms with van der Waals surface area (Å²) >= 11 is 5.84. The van der Waals surface area contributed by atoms with Crippen LogP contribution in [-0.4, -0.2) is 9.97 Å². The highest BCUT2D eigenvalue weighted by molar-refractivity contribution is 6.17. The Balaban J connectivity index is 2.12. The molecule has 0 unspecified atom stereocenters. The average molecular weight is 274 g/mol. The lowest BCUT2D eigenvalue weighted by Crippen LogP contribution is -2.01. The Bertz CT molecular complexity index is 622. The fourth-order valence-corrected chi connectivity index (χ4v) is 1.80. The standard InChI is InChI=1S/C14H12ClN3O/c1-10-2-3-14(13(7-15)18-10)19-9-11-4-5-17-12(6-11)8-16/h2-6H,7,9H2,1H3. The first kappa shape index (κ1) is 13.3. The van der Waals surface area contributed by atoms with Gasteiger partial charge in [0.05, 0.1) is 11.6 Å². The van der Waals surface area contributed by atoms with E-state index in [2.05, 4.69) is 9.97 Å². The van der Waals surface area contributed by atoms with Gasteiger partial charge in [0.1, 0.15) is 24.1 Å². The van der Waals surface area contributed by atoms with E-state index >= 15 is 0 Å². The van der Waals surface area contributed by atoms with E-state index in [1.807, 2.05) is 31.2 Å². The smallest absolute Gasteiger partial charge is 0.142 e. The topological polar surface area (TPSA) is 58.8 Å². The van der Waals surface area contributed by atoms with Crippen molar-refractivity contribution in [2.24, 2.45) is 0 Å². The van der Waals surface area contributed by atoms with Crippen molar-refractivity contribution in [2.75, 3.05) is 0 Å². The van der Waals surface area contributed by atoms with Crippen LogP contribution in [0.4, 0.5) is 0 Å². The van der Waals surface area contributed by atoms with Crippen LogP contribution in [-0.2, 0) is 12.5 Å². The van der Waals surface area contributed by atoms with Crippen molar-refractivity contribution in [1.29, 1.82) is 5.26 Å². The number of rotatable bonds is 4. The molecule has 0 aliphatic heterocycles. The molecule has 0 aliphatic carbocycles. The van der Waals surface area contributed by atoms with Crippen molar-refractivity contribution in [3.8, 4) is 11.8 Å². The Hall–Kier alpha value is -2.12. The largest absolute Gasteiger partial charge is 0.487 e. The molecule has 0 bridgehead atoms. The molecule has 4 nitrogen and oxygen atoms in total. The number of pyridine rings is 2. The van der Waals surface area contributed by atoms with Gasteiger partial charge in [-0.2, -0.15) is 5.26 Å². The van der Waals surface area contributed by atoms with Gasteiger partial charge in [-0.25, -0.2) is 4.98 Å².